The average Bonchev–Trinajstić information content (AvgIpc) is 2.85. The average molecular weight is 486 g/mol. The number of benzene rings is 2. The summed E-state index contributed by atoms with van der Waals surface area (Å²) >= 11 is 0. The normalized spacial score (nSPS) is 31.6. The van der Waals surface area contributed by atoms with E-state index in [9.17, 15) is 9.59 Å². The van der Waals surface area contributed by atoms with Gasteiger partial charge in [0.25, 0.3) is 0 Å². The van der Waals surface area contributed by atoms with Gasteiger partial charge in [-0.1, -0.05) is 30.3 Å². The molecule has 2 unspecified atom stereocenters. The van der Waals surface area contributed by atoms with Crippen molar-refractivity contribution in [1.29, 1.82) is 0 Å². The fourth-order valence-corrected chi connectivity index (χ4v) is 8.40. The maximum atomic E-state index is 14.2. The van der Waals surface area contributed by atoms with Gasteiger partial charge in [0.2, 0.25) is 11.8 Å². The SMILES string of the molecule is Cc1ccc(C23CC4CC(CC(C(=O)N5CCN(Cc6ccc(C(N)=O)cc6)CC5)(C4)C2)C3)cc1C. The molecule has 0 aromatic heterocycles. The quantitative estimate of drug-likeness (QED) is 0.674. The van der Waals surface area contributed by atoms with Gasteiger partial charge in [0, 0.05) is 38.3 Å². The van der Waals surface area contributed by atoms with Gasteiger partial charge in [0.15, 0.2) is 0 Å². The second-order valence-corrected chi connectivity index (χ2v) is 12.5. The van der Waals surface area contributed by atoms with Gasteiger partial charge >= 0.3 is 0 Å². The van der Waals surface area contributed by atoms with E-state index in [1.807, 2.05) is 12.1 Å². The molecule has 2 aromatic rings. The molecule has 36 heavy (non-hydrogen) atoms. The third kappa shape index (κ3) is 4.06. The number of hydrogen-bond acceptors (Lipinski definition) is 3. The Labute approximate surface area is 215 Å². The van der Waals surface area contributed by atoms with E-state index < -0.39 is 5.91 Å². The molecule has 7 rings (SSSR count). The molecule has 5 heteroatoms. The van der Waals surface area contributed by atoms with Gasteiger partial charge in [0.1, 0.15) is 0 Å². The molecule has 1 heterocycles. The van der Waals surface area contributed by atoms with Crippen molar-refractivity contribution in [3.63, 3.8) is 0 Å². The van der Waals surface area contributed by atoms with Crippen LogP contribution in [0.2, 0.25) is 0 Å². The number of nitrogens with two attached hydrogens (primary N) is 1. The Morgan fingerprint density at radius 1 is 0.889 bits per heavy atom. The first-order valence-corrected chi connectivity index (χ1v) is 13.7. The second-order valence-electron chi connectivity index (χ2n) is 12.5. The van der Waals surface area contributed by atoms with E-state index in [1.165, 1.54) is 41.5 Å². The summed E-state index contributed by atoms with van der Waals surface area (Å²) in [6, 6.07) is 14.7. The van der Waals surface area contributed by atoms with Crippen LogP contribution in [0.3, 0.4) is 0 Å². The summed E-state index contributed by atoms with van der Waals surface area (Å²) in [4.78, 5) is 30.1. The highest BCUT2D eigenvalue weighted by molar-refractivity contribution is 5.92. The van der Waals surface area contributed by atoms with Crippen LogP contribution in [-0.4, -0.2) is 47.8 Å². The minimum absolute atomic E-state index is 0.157. The van der Waals surface area contributed by atoms with Gasteiger partial charge in [-0.25, -0.2) is 0 Å². The van der Waals surface area contributed by atoms with Crippen LogP contribution in [0.1, 0.15) is 71.1 Å². The zero-order valence-electron chi connectivity index (χ0n) is 21.8. The fourth-order valence-electron chi connectivity index (χ4n) is 8.40. The lowest BCUT2D eigenvalue weighted by Gasteiger charge is -2.62. The summed E-state index contributed by atoms with van der Waals surface area (Å²) in [5, 5.41) is 0. The molecule has 2 aromatic carbocycles. The van der Waals surface area contributed by atoms with Crippen LogP contribution in [-0.2, 0) is 16.8 Å². The highest BCUT2D eigenvalue weighted by Crippen LogP contribution is 2.66. The predicted octanol–water partition coefficient (Wildman–Crippen LogP) is 4.58. The van der Waals surface area contributed by atoms with E-state index in [4.69, 9.17) is 5.73 Å². The maximum Gasteiger partial charge on any atom is 0.248 e. The van der Waals surface area contributed by atoms with Crippen LogP contribution in [0.25, 0.3) is 0 Å². The van der Waals surface area contributed by atoms with Gasteiger partial charge in [-0.2, -0.15) is 0 Å². The fraction of sp³-hybridized carbons (Fsp3) is 0.548. The zero-order chi connectivity index (χ0) is 25.1. The Morgan fingerprint density at radius 2 is 1.56 bits per heavy atom. The van der Waals surface area contributed by atoms with Crippen LogP contribution < -0.4 is 5.73 Å². The topological polar surface area (TPSA) is 66.6 Å². The number of amides is 2. The smallest absolute Gasteiger partial charge is 0.248 e. The van der Waals surface area contributed by atoms with Crippen molar-refractivity contribution in [3.8, 4) is 0 Å². The van der Waals surface area contributed by atoms with Gasteiger partial charge in [0.05, 0.1) is 5.41 Å². The number of nitrogens with zero attached hydrogens (tertiary/aromatic N) is 2. The third-order valence-electron chi connectivity index (χ3n) is 9.94. The van der Waals surface area contributed by atoms with E-state index in [1.54, 1.807) is 12.1 Å². The van der Waals surface area contributed by atoms with Crippen molar-refractivity contribution in [2.75, 3.05) is 26.2 Å². The highest BCUT2D eigenvalue weighted by atomic mass is 16.2. The predicted molar refractivity (Wildman–Crippen MR) is 142 cm³/mol. The zero-order valence-corrected chi connectivity index (χ0v) is 21.8. The lowest BCUT2D eigenvalue weighted by molar-refractivity contribution is -0.162. The van der Waals surface area contributed by atoms with E-state index in [0.29, 0.717) is 23.3 Å². The summed E-state index contributed by atoms with van der Waals surface area (Å²) in [6.07, 6.45) is 7.10. The number of piperazine rings is 1. The van der Waals surface area contributed by atoms with Crippen molar-refractivity contribution < 1.29 is 9.59 Å². The van der Waals surface area contributed by atoms with Crippen molar-refractivity contribution in [1.82, 2.24) is 9.80 Å². The largest absolute Gasteiger partial charge is 0.366 e. The Morgan fingerprint density at radius 3 is 2.17 bits per heavy atom. The minimum Gasteiger partial charge on any atom is -0.366 e. The molecule has 190 valence electrons. The number of primary amides is 1. The summed E-state index contributed by atoms with van der Waals surface area (Å²) in [5.41, 5.74) is 11.3. The molecule has 4 saturated carbocycles. The summed E-state index contributed by atoms with van der Waals surface area (Å²) in [7, 11) is 0. The van der Waals surface area contributed by atoms with Crippen LogP contribution >= 0.6 is 0 Å². The van der Waals surface area contributed by atoms with Crippen molar-refractivity contribution >= 4 is 11.8 Å². The molecule has 0 radical (unpaired) electrons. The highest BCUT2D eigenvalue weighted by Gasteiger charge is 2.61. The second kappa shape index (κ2) is 8.72. The monoisotopic (exact) mass is 485 g/mol. The molecule has 5 aliphatic rings. The molecule has 1 aliphatic heterocycles. The summed E-state index contributed by atoms with van der Waals surface area (Å²) in [6.45, 7) is 8.68. The summed E-state index contributed by atoms with van der Waals surface area (Å²) < 4.78 is 0. The Balaban J connectivity index is 1.15. The molecule has 2 atom stereocenters. The molecule has 2 amide bonds. The van der Waals surface area contributed by atoms with Crippen LogP contribution in [0.15, 0.2) is 42.5 Å². The summed E-state index contributed by atoms with van der Waals surface area (Å²) in [5.74, 6) is 1.44. The number of hydrogen-bond donors (Lipinski definition) is 1. The minimum atomic E-state index is -0.391. The lowest BCUT2D eigenvalue weighted by Crippen LogP contribution is -2.61. The molecule has 5 fully saturated rings. The van der Waals surface area contributed by atoms with E-state index >= 15 is 0 Å². The van der Waals surface area contributed by atoms with E-state index in [0.717, 1.165) is 52.0 Å². The number of aryl methyl sites for hydroxylation is 2. The third-order valence-corrected chi connectivity index (χ3v) is 9.94. The van der Waals surface area contributed by atoms with Crippen LogP contribution in [0.4, 0.5) is 0 Å². The first kappa shape index (κ1) is 23.7. The molecule has 4 aliphatic carbocycles. The molecular weight excluding hydrogens is 446 g/mol. The van der Waals surface area contributed by atoms with Gasteiger partial charge in [-0.15, -0.1) is 0 Å². The van der Waals surface area contributed by atoms with Crippen LogP contribution in [0, 0.1) is 31.1 Å². The molecular formula is C31H39N3O2. The molecule has 0 spiro atoms. The van der Waals surface area contributed by atoms with Crippen molar-refractivity contribution in [3.05, 3.63) is 70.3 Å². The molecule has 4 bridgehead atoms. The first-order valence-electron chi connectivity index (χ1n) is 13.7. The number of carbonyl (C=O) groups excluding carboxylic acids is 2. The van der Waals surface area contributed by atoms with Crippen molar-refractivity contribution in [2.24, 2.45) is 23.0 Å². The lowest BCUT2D eigenvalue weighted by atomic mass is 9.42. The Bertz CT molecular complexity index is 1160. The standard InChI is InChI=1S/C31H39N3O2/c1-21-3-8-27(13-22(21)2)30-15-24-14-25(16-30)18-31(17-24,20-30)29(36)34-11-9-33(10-12-34)19-23-4-6-26(7-5-23)28(32)35/h3-8,13,24-25H,9-12,14-20H2,1-2H3,(H2,32,35). The maximum absolute atomic E-state index is 14.2. The Kier molecular flexibility index (Phi) is 5.75. The first-order chi connectivity index (χ1) is 17.3. The molecule has 5 nitrogen and oxygen atoms in total. The number of rotatable bonds is 5. The molecule has 2 N–H and O–H groups in total. The van der Waals surface area contributed by atoms with E-state index in [-0.39, 0.29) is 10.8 Å². The number of carbonyl (C=O) groups is 2. The Hall–Kier alpha value is -2.66. The van der Waals surface area contributed by atoms with Crippen molar-refractivity contribution in [2.45, 2.75) is 64.3 Å². The molecule has 1 saturated heterocycles. The van der Waals surface area contributed by atoms with E-state index in [2.05, 4.69) is 41.8 Å². The van der Waals surface area contributed by atoms with Gasteiger partial charge < -0.3 is 10.6 Å². The van der Waals surface area contributed by atoms with Crippen LogP contribution in [0.5, 0.6) is 0 Å². The van der Waals surface area contributed by atoms with Gasteiger partial charge in [-0.3, -0.25) is 14.5 Å². The van der Waals surface area contributed by atoms with Gasteiger partial charge in [-0.05, 0) is 104 Å².